The molecule has 0 unspecified atom stereocenters. The molecule has 1 heterocycles. The number of methoxy groups -OCH3 is 1. The van der Waals surface area contributed by atoms with Gasteiger partial charge in [-0.1, -0.05) is 0 Å². The molecule has 7 heteroatoms. The lowest BCUT2D eigenvalue weighted by atomic mass is 10.3. The lowest BCUT2D eigenvalue weighted by Crippen LogP contribution is -2.31. The zero-order valence-electron chi connectivity index (χ0n) is 12.4. The highest BCUT2D eigenvalue weighted by atomic mass is 32.2. The van der Waals surface area contributed by atoms with Crippen LogP contribution in [0.1, 0.15) is 13.3 Å². The molecular weight excluding hydrogens is 306 g/mol. The van der Waals surface area contributed by atoms with Crippen molar-refractivity contribution in [1.82, 2.24) is 0 Å². The Morgan fingerprint density at radius 1 is 1.32 bits per heavy atom. The van der Waals surface area contributed by atoms with E-state index in [0.717, 1.165) is 16.7 Å². The third kappa shape index (κ3) is 3.59. The first-order valence-electron chi connectivity index (χ1n) is 6.85. The number of esters is 1. The average molecular weight is 323 g/mol. The molecule has 1 fully saturated rings. The van der Waals surface area contributed by atoms with Gasteiger partial charge in [0, 0.05) is 6.42 Å². The number of anilines is 1. The molecule has 1 aliphatic heterocycles. The van der Waals surface area contributed by atoms with Crippen molar-refractivity contribution in [3.8, 4) is 5.75 Å². The lowest BCUT2D eigenvalue weighted by molar-refractivity contribution is -0.139. The Hall–Kier alpha value is -2.02. The molecule has 6 nitrogen and oxygen atoms in total. The predicted molar refractivity (Wildman–Crippen MR) is 83.0 cm³/mol. The van der Waals surface area contributed by atoms with Crippen LogP contribution in [0.4, 0.5) is 5.69 Å². The molecule has 1 aromatic rings. The Bertz CT molecular complexity index is 572. The van der Waals surface area contributed by atoms with Gasteiger partial charge in [0.05, 0.1) is 30.4 Å². The van der Waals surface area contributed by atoms with Crippen LogP contribution >= 0.6 is 11.8 Å². The van der Waals surface area contributed by atoms with Gasteiger partial charge in [-0.25, -0.2) is 4.90 Å². The van der Waals surface area contributed by atoms with Crippen LogP contribution < -0.4 is 9.64 Å². The minimum absolute atomic E-state index is 0.0635. The summed E-state index contributed by atoms with van der Waals surface area (Å²) in [5.41, 5.74) is 0.509. The fourth-order valence-electron chi connectivity index (χ4n) is 2.11. The molecule has 22 heavy (non-hydrogen) atoms. The molecule has 2 amide bonds. The highest BCUT2D eigenvalue weighted by molar-refractivity contribution is 8.01. The van der Waals surface area contributed by atoms with Gasteiger partial charge in [0.1, 0.15) is 5.75 Å². The summed E-state index contributed by atoms with van der Waals surface area (Å²) >= 11 is 1.14. The van der Waals surface area contributed by atoms with E-state index >= 15 is 0 Å². The molecule has 0 N–H and O–H groups in total. The Morgan fingerprint density at radius 3 is 2.59 bits per heavy atom. The molecule has 0 spiro atoms. The number of amides is 2. The Morgan fingerprint density at radius 2 is 2.00 bits per heavy atom. The molecule has 118 valence electrons. The summed E-state index contributed by atoms with van der Waals surface area (Å²) in [4.78, 5) is 36.9. The van der Waals surface area contributed by atoms with E-state index in [-0.39, 0.29) is 30.0 Å². The molecule has 0 bridgehead atoms. The second kappa shape index (κ2) is 7.31. The summed E-state index contributed by atoms with van der Waals surface area (Å²) in [5, 5.41) is -0.543. The van der Waals surface area contributed by atoms with Gasteiger partial charge >= 0.3 is 5.97 Å². The lowest BCUT2D eigenvalue weighted by Gasteiger charge is -2.15. The van der Waals surface area contributed by atoms with E-state index in [4.69, 9.17) is 9.47 Å². The van der Waals surface area contributed by atoms with Crippen molar-refractivity contribution in [2.24, 2.45) is 0 Å². The van der Waals surface area contributed by atoms with E-state index < -0.39 is 5.25 Å². The number of rotatable bonds is 6. The zero-order chi connectivity index (χ0) is 16.1. The number of benzene rings is 1. The van der Waals surface area contributed by atoms with Crippen LogP contribution in [0.15, 0.2) is 24.3 Å². The minimum Gasteiger partial charge on any atom is -0.497 e. The molecule has 1 aromatic carbocycles. The van der Waals surface area contributed by atoms with Crippen molar-refractivity contribution in [3.63, 3.8) is 0 Å². The van der Waals surface area contributed by atoms with Gasteiger partial charge in [-0.05, 0) is 31.2 Å². The monoisotopic (exact) mass is 323 g/mol. The molecule has 2 rings (SSSR count). The predicted octanol–water partition coefficient (Wildman–Crippen LogP) is 1.62. The van der Waals surface area contributed by atoms with Crippen LogP contribution in [0.3, 0.4) is 0 Å². The van der Waals surface area contributed by atoms with Crippen molar-refractivity contribution in [1.29, 1.82) is 0 Å². The second-order valence-corrected chi connectivity index (χ2v) is 5.77. The number of imide groups is 1. The maximum Gasteiger partial charge on any atom is 0.315 e. The number of carbonyl (C=O) groups excluding carboxylic acids is 3. The molecule has 0 aromatic heterocycles. The average Bonchev–Trinajstić information content (AvgIpc) is 2.80. The normalized spacial score (nSPS) is 17.7. The smallest absolute Gasteiger partial charge is 0.315 e. The third-order valence-corrected chi connectivity index (χ3v) is 4.32. The summed E-state index contributed by atoms with van der Waals surface area (Å²) < 4.78 is 9.87. The first-order valence-corrected chi connectivity index (χ1v) is 7.89. The number of ether oxygens (including phenoxy) is 2. The number of hydrogen-bond acceptors (Lipinski definition) is 6. The maximum atomic E-state index is 12.3. The van der Waals surface area contributed by atoms with E-state index in [9.17, 15) is 14.4 Å². The van der Waals surface area contributed by atoms with Crippen LogP contribution in [0.25, 0.3) is 0 Å². The summed E-state index contributed by atoms with van der Waals surface area (Å²) in [5.74, 6) is -0.235. The van der Waals surface area contributed by atoms with Crippen molar-refractivity contribution in [2.75, 3.05) is 24.4 Å². The maximum absolute atomic E-state index is 12.3. The number of hydrogen-bond donors (Lipinski definition) is 0. The number of carbonyl (C=O) groups is 3. The quantitative estimate of drug-likeness (QED) is 0.585. The number of thioether (sulfide) groups is 1. The summed E-state index contributed by atoms with van der Waals surface area (Å²) in [7, 11) is 1.54. The van der Waals surface area contributed by atoms with Gasteiger partial charge in [0.25, 0.3) is 0 Å². The van der Waals surface area contributed by atoms with Crippen LogP contribution in [0.5, 0.6) is 5.75 Å². The van der Waals surface area contributed by atoms with E-state index in [0.29, 0.717) is 18.0 Å². The number of nitrogens with zero attached hydrogens (tertiary/aromatic N) is 1. The van der Waals surface area contributed by atoms with Gasteiger partial charge in [-0.2, -0.15) is 0 Å². The van der Waals surface area contributed by atoms with Gasteiger partial charge in [-0.3, -0.25) is 14.4 Å². The minimum atomic E-state index is -0.543. The molecule has 0 aliphatic carbocycles. The topological polar surface area (TPSA) is 72.9 Å². The van der Waals surface area contributed by atoms with Gasteiger partial charge < -0.3 is 9.47 Å². The molecule has 0 radical (unpaired) electrons. The molecule has 1 atom stereocenters. The van der Waals surface area contributed by atoms with Gasteiger partial charge in [-0.15, -0.1) is 11.8 Å². The third-order valence-electron chi connectivity index (χ3n) is 3.14. The SMILES string of the molecule is CCOC(=O)CS[C@@H]1CC(=O)N(c2ccc(OC)cc2)C1=O. The largest absolute Gasteiger partial charge is 0.497 e. The summed E-state index contributed by atoms with van der Waals surface area (Å²) in [6.07, 6.45) is 0.0922. The molecule has 0 saturated carbocycles. The second-order valence-electron chi connectivity index (χ2n) is 4.57. The van der Waals surface area contributed by atoms with Crippen molar-refractivity contribution in [2.45, 2.75) is 18.6 Å². The Labute approximate surface area is 132 Å². The van der Waals surface area contributed by atoms with E-state index in [1.165, 1.54) is 0 Å². The Balaban J connectivity index is 2.03. The first-order chi connectivity index (χ1) is 10.6. The fraction of sp³-hybridized carbons (Fsp3) is 0.400. The first kappa shape index (κ1) is 16.4. The van der Waals surface area contributed by atoms with Crippen molar-refractivity contribution in [3.05, 3.63) is 24.3 Å². The zero-order valence-corrected chi connectivity index (χ0v) is 13.2. The van der Waals surface area contributed by atoms with Crippen molar-refractivity contribution < 1.29 is 23.9 Å². The van der Waals surface area contributed by atoms with Gasteiger partial charge in [0.2, 0.25) is 11.8 Å². The van der Waals surface area contributed by atoms with E-state index in [1.807, 2.05) is 0 Å². The van der Waals surface area contributed by atoms with Crippen LogP contribution in [0.2, 0.25) is 0 Å². The van der Waals surface area contributed by atoms with Crippen LogP contribution in [-0.2, 0) is 19.1 Å². The van der Waals surface area contributed by atoms with Crippen LogP contribution in [0, 0.1) is 0 Å². The summed E-state index contributed by atoms with van der Waals surface area (Å²) in [6.45, 7) is 2.02. The summed E-state index contributed by atoms with van der Waals surface area (Å²) in [6, 6.07) is 6.70. The fourth-order valence-corrected chi connectivity index (χ4v) is 3.04. The molecule has 1 aliphatic rings. The highest BCUT2D eigenvalue weighted by Gasteiger charge is 2.40. The standard InChI is InChI=1S/C15H17NO5S/c1-3-21-14(18)9-22-12-8-13(17)16(15(12)19)10-4-6-11(20-2)7-5-10/h4-7,12H,3,8-9H2,1-2H3/t12-/m1/s1. The van der Waals surface area contributed by atoms with E-state index in [2.05, 4.69) is 0 Å². The van der Waals surface area contributed by atoms with Crippen molar-refractivity contribution >= 4 is 35.2 Å². The Kier molecular flexibility index (Phi) is 5.43. The highest BCUT2D eigenvalue weighted by Crippen LogP contribution is 2.30. The molecular formula is C15H17NO5S. The van der Waals surface area contributed by atoms with Crippen LogP contribution in [-0.4, -0.2) is 42.5 Å². The van der Waals surface area contributed by atoms with E-state index in [1.54, 1.807) is 38.3 Å². The van der Waals surface area contributed by atoms with Gasteiger partial charge in [0.15, 0.2) is 0 Å². The molecule has 1 saturated heterocycles.